The number of nitrogens with zero attached hydrogens (tertiary/aromatic N) is 1. The Morgan fingerprint density at radius 3 is 2.65 bits per heavy atom. The molecule has 3 nitrogen and oxygen atoms in total. The normalized spacial score (nSPS) is 14.0. The molecule has 0 saturated heterocycles. The first kappa shape index (κ1) is 15.6. The number of fused-ring (bicyclic) bond motifs is 1. The third-order valence-corrected chi connectivity index (χ3v) is 4.59. The highest BCUT2D eigenvalue weighted by atomic mass is 16.1. The van der Waals surface area contributed by atoms with E-state index >= 15 is 0 Å². The number of likely N-dealkylation sites (N-methyl/N-ethyl adjacent to an activating group) is 1. The van der Waals surface area contributed by atoms with Gasteiger partial charge in [0.1, 0.15) is 0 Å². The van der Waals surface area contributed by atoms with E-state index in [0.717, 1.165) is 37.2 Å². The fourth-order valence-electron chi connectivity index (χ4n) is 3.40. The fourth-order valence-corrected chi connectivity index (χ4v) is 3.40. The van der Waals surface area contributed by atoms with E-state index in [9.17, 15) is 4.79 Å². The molecular formula is C20H24N2O. The number of carbonyl (C=O) groups is 1. The second-order valence-electron chi connectivity index (χ2n) is 5.96. The predicted octanol–water partition coefficient (Wildman–Crippen LogP) is 4.14. The molecule has 0 aliphatic carbocycles. The van der Waals surface area contributed by atoms with Gasteiger partial charge in [0.05, 0.1) is 6.04 Å². The maximum absolute atomic E-state index is 13.1. The topological polar surface area (TPSA) is 32.3 Å². The van der Waals surface area contributed by atoms with Gasteiger partial charge in [-0.3, -0.25) is 4.79 Å². The van der Waals surface area contributed by atoms with Gasteiger partial charge in [-0.1, -0.05) is 25.1 Å². The molecule has 1 N–H and O–H groups in total. The van der Waals surface area contributed by atoms with Crippen LogP contribution >= 0.6 is 0 Å². The van der Waals surface area contributed by atoms with Crippen LogP contribution < -0.4 is 10.2 Å². The quantitative estimate of drug-likeness (QED) is 0.814. The zero-order chi connectivity index (χ0) is 16.2. The Kier molecular flexibility index (Phi) is 4.65. The Balaban J connectivity index is 1.89. The van der Waals surface area contributed by atoms with Gasteiger partial charge in [-0.25, -0.2) is 0 Å². The molecule has 0 aromatic heterocycles. The van der Waals surface area contributed by atoms with Gasteiger partial charge >= 0.3 is 0 Å². The maximum Gasteiger partial charge on any atom is 0.185 e. The highest BCUT2D eigenvalue weighted by Crippen LogP contribution is 2.26. The first-order valence-corrected chi connectivity index (χ1v) is 8.47. The maximum atomic E-state index is 13.1. The van der Waals surface area contributed by atoms with Crippen molar-refractivity contribution in [3.63, 3.8) is 0 Å². The molecule has 3 rings (SSSR count). The summed E-state index contributed by atoms with van der Waals surface area (Å²) in [5.74, 6) is 0.216. The second kappa shape index (κ2) is 6.86. The van der Waals surface area contributed by atoms with Gasteiger partial charge < -0.3 is 10.2 Å². The van der Waals surface area contributed by atoms with Gasteiger partial charge in [0.2, 0.25) is 0 Å². The summed E-state index contributed by atoms with van der Waals surface area (Å²) in [6.07, 6.45) is 1.81. The lowest BCUT2D eigenvalue weighted by atomic mass is 9.97. The lowest BCUT2D eigenvalue weighted by Crippen LogP contribution is -2.41. The summed E-state index contributed by atoms with van der Waals surface area (Å²) in [4.78, 5) is 15.3. The zero-order valence-corrected chi connectivity index (χ0v) is 13.9. The predicted molar refractivity (Wildman–Crippen MR) is 96.5 cm³/mol. The minimum atomic E-state index is -0.116. The highest BCUT2D eigenvalue weighted by Gasteiger charge is 2.25. The third-order valence-electron chi connectivity index (χ3n) is 4.59. The van der Waals surface area contributed by atoms with Crippen LogP contribution in [0.4, 0.5) is 11.4 Å². The lowest BCUT2D eigenvalue weighted by Gasteiger charge is -2.31. The number of ketones is 1. The fraction of sp³-hybridized carbons (Fsp3) is 0.350. The van der Waals surface area contributed by atoms with E-state index in [1.165, 1.54) is 11.3 Å². The molecule has 0 amide bonds. The van der Waals surface area contributed by atoms with E-state index in [4.69, 9.17) is 0 Å². The van der Waals surface area contributed by atoms with E-state index in [1.54, 1.807) is 0 Å². The summed E-state index contributed by atoms with van der Waals surface area (Å²) in [6, 6.07) is 16.2. The van der Waals surface area contributed by atoms with Crippen LogP contribution in [0.25, 0.3) is 0 Å². The summed E-state index contributed by atoms with van der Waals surface area (Å²) >= 11 is 0. The molecule has 1 atom stereocenters. The number of rotatable bonds is 6. The van der Waals surface area contributed by atoms with Gasteiger partial charge in [-0.2, -0.15) is 0 Å². The van der Waals surface area contributed by atoms with Gasteiger partial charge in [-0.15, -0.1) is 0 Å². The molecule has 1 aliphatic rings. The molecule has 23 heavy (non-hydrogen) atoms. The van der Waals surface area contributed by atoms with Gasteiger partial charge in [0, 0.05) is 30.0 Å². The van der Waals surface area contributed by atoms with Crippen molar-refractivity contribution in [3.05, 3.63) is 59.7 Å². The second-order valence-corrected chi connectivity index (χ2v) is 5.96. The van der Waals surface area contributed by atoms with E-state index in [1.807, 2.05) is 30.3 Å². The summed E-state index contributed by atoms with van der Waals surface area (Å²) < 4.78 is 0. The summed E-state index contributed by atoms with van der Waals surface area (Å²) in [7, 11) is 0. The Labute approximate surface area is 138 Å². The van der Waals surface area contributed by atoms with Crippen LogP contribution in [0.2, 0.25) is 0 Å². The minimum Gasteiger partial charge on any atom is -0.384 e. The van der Waals surface area contributed by atoms with Crippen molar-refractivity contribution in [3.8, 4) is 0 Å². The summed E-state index contributed by atoms with van der Waals surface area (Å²) in [5.41, 5.74) is 4.37. The number of nitrogens with one attached hydrogen (secondary N) is 1. The smallest absolute Gasteiger partial charge is 0.185 e. The first-order valence-electron chi connectivity index (χ1n) is 8.47. The van der Waals surface area contributed by atoms with Gasteiger partial charge in [0.25, 0.3) is 0 Å². The van der Waals surface area contributed by atoms with Crippen molar-refractivity contribution in [2.75, 3.05) is 23.3 Å². The van der Waals surface area contributed by atoms with Crippen molar-refractivity contribution in [1.82, 2.24) is 0 Å². The molecule has 0 saturated carbocycles. The van der Waals surface area contributed by atoms with Crippen molar-refractivity contribution in [2.45, 2.75) is 32.7 Å². The van der Waals surface area contributed by atoms with E-state index < -0.39 is 0 Å². The molecule has 1 unspecified atom stereocenters. The SMILES string of the molecule is CCC(C(=O)c1ccc2c(c1)CCN2)N(CC)c1ccccc1. The van der Waals surface area contributed by atoms with Crippen LogP contribution in [0.5, 0.6) is 0 Å². The molecule has 0 fully saturated rings. The largest absolute Gasteiger partial charge is 0.384 e. The number of anilines is 2. The van der Waals surface area contributed by atoms with Crippen LogP contribution in [-0.4, -0.2) is 24.9 Å². The first-order chi connectivity index (χ1) is 11.2. The number of carbonyl (C=O) groups excluding carboxylic acids is 1. The number of hydrogen-bond acceptors (Lipinski definition) is 3. The molecule has 2 aromatic rings. The summed E-state index contributed by atoms with van der Waals surface area (Å²) in [6.45, 7) is 5.98. The van der Waals surface area contributed by atoms with Crippen LogP contribution in [0.3, 0.4) is 0 Å². The monoisotopic (exact) mass is 308 g/mol. The van der Waals surface area contributed by atoms with E-state index in [0.29, 0.717) is 0 Å². The van der Waals surface area contributed by atoms with Crippen molar-refractivity contribution >= 4 is 17.2 Å². The standard InChI is InChI=1S/C20H24N2O/c1-3-19(22(4-2)17-8-6-5-7-9-17)20(23)16-10-11-18-15(14-16)12-13-21-18/h5-11,14,19,21H,3-4,12-13H2,1-2H3. The lowest BCUT2D eigenvalue weighted by molar-refractivity contribution is 0.0955. The number of para-hydroxylation sites is 1. The molecule has 0 radical (unpaired) electrons. The van der Waals surface area contributed by atoms with E-state index in [-0.39, 0.29) is 11.8 Å². The molecule has 120 valence electrons. The van der Waals surface area contributed by atoms with Crippen molar-refractivity contribution in [1.29, 1.82) is 0 Å². The Morgan fingerprint density at radius 1 is 1.17 bits per heavy atom. The van der Waals surface area contributed by atoms with Crippen LogP contribution in [0.1, 0.15) is 36.2 Å². The Hall–Kier alpha value is -2.29. The van der Waals surface area contributed by atoms with Crippen LogP contribution in [0.15, 0.2) is 48.5 Å². The van der Waals surface area contributed by atoms with Gasteiger partial charge in [0.15, 0.2) is 5.78 Å². The molecule has 1 heterocycles. The minimum absolute atomic E-state index is 0.116. The molecule has 1 aliphatic heterocycles. The number of Topliss-reactive ketones (excluding diaryl/α,β-unsaturated/α-hetero) is 1. The van der Waals surface area contributed by atoms with Crippen LogP contribution in [0, 0.1) is 0 Å². The molecule has 0 bridgehead atoms. The molecule has 0 spiro atoms. The molecular weight excluding hydrogens is 284 g/mol. The Morgan fingerprint density at radius 2 is 1.96 bits per heavy atom. The zero-order valence-electron chi connectivity index (χ0n) is 13.9. The van der Waals surface area contributed by atoms with Crippen molar-refractivity contribution < 1.29 is 4.79 Å². The van der Waals surface area contributed by atoms with Crippen molar-refractivity contribution in [2.24, 2.45) is 0 Å². The average Bonchev–Trinajstić information content (AvgIpc) is 3.07. The van der Waals surface area contributed by atoms with Crippen LogP contribution in [-0.2, 0) is 6.42 Å². The Bertz CT molecular complexity index is 681. The average molecular weight is 308 g/mol. The number of hydrogen-bond donors (Lipinski definition) is 1. The number of benzene rings is 2. The highest BCUT2D eigenvalue weighted by molar-refractivity contribution is 6.02. The third kappa shape index (κ3) is 3.09. The molecule has 3 heteroatoms. The molecule has 2 aromatic carbocycles. The van der Waals surface area contributed by atoms with Gasteiger partial charge in [-0.05, 0) is 55.7 Å². The summed E-state index contributed by atoms with van der Waals surface area (Å²) in [5, 5.41) is 3.35. The van der Waals surface area contributed by atoms with E-state index in [2.05, 4.69) is 42.3 Å².